The molecule has 1 N–H and O–H groups in total. The third-order valence-corrected chi connectivity index (χ3v) is 4.64. The average molecular weight is 351 g/mol. The number of nitrogens with zero attached hydrogens (tertiary/aromatic N) is 4. The maximum atomic E-state index is 5.07. The van der Waals surface area contributed by atoms with Crippen molar-refractivity contribution < 1.29 is 4.74 Å². The molecule has 4 heterocycles. The van der Waals surface area contributed by atoms with Crippen LogP contribution in [-0.4, -0.2) is 26.5 Å². The molecule has 4 rings (SSSR count). The summed E-state index contributed by atoms with van der Waals surface area (Å²) >= 11 is 1.55. The van der Waals surface area contributed by atoms with Crippen LogP contribution in [0.3, 0.4) is 0 Å². The quantitative estimate of drug-likeness (QED) is 0.596. The van der Waals surface area contributed by atoms with E-state index < -0.39 is 0 Å². The number of methoxy groups -OCH3 is 1. The molecule has 25 heavy (non-hydrogen) atoms. The number of imidazole rings is 1. The van der Waals surface area contributed by atoms with E-state index in [9.17, 15) is 0 Å². The van der Waals surface area contributed by atoms with Crippen molar-refractivity contribution in [1.29, 1.82) is 0 Å². The number of rotatable bonds is 4. The molecular formula is C18H17N5OS. The Balaban J connectivity index is 1.67. The Bertz CT molecular complexity index is 1040. The number of aryl methyl sites for hydroxylation is 2. The molecule has 0 saturated heterocycles. The van der Waals surface area contributed by atoms with Crippen molar-refractivity contribution in [2.24, 2.45) is 0 Å². The summed E-state index contributed by atoms with van der Waals surface area (Å²) in [5.74, 6) is 0.585. The standard InChI is InChI=1S/C18H17N5OS/c1-11-4-6-15-20-12(2)17(23(15)9-11)14-10-25-18(22-14)21-13-5-7-16(24-3)19-8-13/h4-10H,1-3H3,(H,21,22). The van der Waals surface area contributed by atoms with Crippen LogP contribution in [-0.2, 0) is 0 Å². The first kappa shape index (κ1) is 15.6. The number of anilines is 2. The maximum Gasteiger partial charge on any atom is 0.213 e. The Hall–Kier alpha value is -2.93. The highest BCUT2D eigenvalue weighted by molar-refractivity contribution is 7.14. The molecule has 0 aliphatic rings. The Kier molecular flexibility index (Phi) is 3.85. The third-order valence-electron chi connectivity index (χ3n) is 3.88. The van der Waals surface area contributed by atoms with Crippen molar-refractivity contribution >= 4 is 27.8 Å². The molecule has 6 nitrogen and oxygen atoms in total. The van der Waals surface area contributed by atoms with E-state index in [0.29, 0.717) is 5.88 Å². The number of hydrogen-bond acceptors (Lipinski definition) is 6. The highest BCUT2D eigenvalue weighted by atomic mass is 32.1. The maximum absolute atomic E-state index is 5.07. The van der Waals surface area contributed by atoms with E-state index in [1.54, 1.807) is 24.6 Å². The van der Waals surface area contributed by atoms with Crippen LogP contribution < -0.4 is 10.1 Å². The highest BCUT2D eigenvalue weighted by Gasteiger charge is 2.14. The lowest BCUT2D eigenvalue weighted by atomic mass is 10.2. The van der Waals surface area contributed by atoms with E-state index in [-0.39, 0.29) is 0 Å². The molecule has 0 amide bonds. The van der Waals surface area contributed by atoms with Crippen LogP contribution in [0.4, 0.5) is 10.8 Å². The van der Waals surface area contributed by atoms with Crippen molar-refractivity contribution in [2.45, 2.75) is 13.8 Å². The lowest BCUT2D eigenvalue weighted by molar-refractivity contribution is 0.398. The van der Waals surface area contributed by atoms with Gasteiger partial charge in [0.05, 0.1) is 30.4 Å². The number of hydrogen-bond donors (Lipinski definition) is 1. The zero-order valence-corrected chi connectivity index (χ0v) is 15.0. The molecule has 0 spiro atoms. The smallest absolute Gasteiger partial charge is 0.213 e. The lowest BCUT2D eigenvalue weighted by Gasteiger charge is -2.03. The van der Waals surface area contributed by atoms with Gasteiger partial charge in [0.2, 0.25) is 5.88 Å². The fraction of sp³-hybridized carbons (Fsp3) is 0.167. The topological polar surface area (TPSA) is 64.3 Å². The fourth-order valence-electron chi connectivity index (χ4n) is 2.72. The normalized spacial score (nSPS) is 11.0. The van der Waals surface area contributed by atoms with Crippen molar-refractivity contribution in [3.8, 4) is 17.3 Å². The van der Waals surface area contributed by atoms with E-state index in [4.69, 9.17) is 9.72 Å². The minimum Gasteiger partial charge on any atom is -0.481 e. The Morgan fingerprint density at radius 1 is 1.12 bits per heavy atom. The van der Waals surface area contributed by atoms with Crippen molar-refractivity contribution in [1.82, 2.24) is 19.4 Å². The summed E-state index contributed by atoms with van der Waals surface area (Å²) in [5.41, 5.74) is 5.88. The largest absolute Gasteiger partial charge is 0.481 e. The summed E-state index contributed by atoms with van der Waals surface area (Å²) in [4.78, 5) is 13.5. The zero-order chi connectivity index (χ0) is 17.4. The number of aromatic nitrogens is 4. The van der Waals surface area contributed by atoms with Crippen molar-refractivity contribution in [2.75, 3.05) is 12.4 Å². The lowest BCUT2D eigenvalue weighted by Crippen LogP contribution is -1.93. The SMILES string of the molecule is COc1ccc(Nc2nc(-c3c(C)nc4ccc(C)cn34)cs2)cn1. The zero-order valence-electron chi connectivity index (χ0n) is 14.1. The minimum atomic E-state index is 0.585. The molecule has 4 aromatic rings. The van der Waals surface area contributed by atoms with Gasteiger partial charge in [0.25, 0.3) is 0 Å². The van der Waals surface area contributed by atoms with E-state index in [1.165, 1.54) is 5.56 Å². The van der Waals surface area contributed by atoms with Crippen LogP contribution in [0.25, 0.3) is 17.0 Å². The van der Waals surface area contributed by atoms with Gasteiger partial charge in [-0.3, -0.25) is 4.40 Å². The van der Waals surface area contributed by atoms with Crippen LogP contribution in [0, 0.1) is 13.8 Å². The van der Waals surface area contributed by atoms with Gasteiger partial charge in [-0.2, -0.15) is 0 Å². The molecular weight excluding hydrogens is 334 g/mol. The van der Waals surface area contributed by atoms with Gasteiger partial charge in [-0.05, 0) is 31.5 Å². The molecule has 4 aromatic heterocycles. The number of nitrogens with one attached hydrogen (secondary N) is 1. The predicted molar refractivity (Wildman–Crippen MR) is 99.8 cm³/mol. The number of pyridine rings is 2. The first-order valence-corrected chi connectivity index (χ1v) is 8.70. The fourth-order valence-corrected chi connectivity index (χ4v) is 3.43. The van der Waals surface area contributed by atoms with Crippen molar-refractivity contribution in [3.05, 3.63) is 53.3 Å². The molecule has 0 aliphatic carbocycles. The Morgan fingerprint density at radius 2 is 2.00 bits per heavy atom. The van der Waals surface area contributed by atoms with E-state index in [1.807, 2.05) is 30.5 Å². The van der Waals surface area contributed by atoms with Crippen LogP contribution in [0.15, 0.2) is 42.0 Å². The molecule has 0 fully saturated rings. The van der Waals surface area contributed by atoms with Gasteiger partial charge in [0.1, 0.15) is 11.3 Å². The van der Waals surface area contributed by atoms with Gasteiger partial charge in [-0.25, -0.2) is 15.0 Å². The number of fused-ring (bicyclic) bond motifs is 1. The molecule has 0 bridgehead atoms. The number of thiazole rings is 1. The third kappa shape index (κ3) is 2.94. The molecule has 0 aliphatic heterocycles. The minimum absolute atomic E-state index is 0.585. The van der Waals surface area contributed by atoms with Crippen LogP contribution >= 0.6 is 11.3 Å². The van der Waals surface area contributed by atoms with Crippen LogP contribution in [0.2, 0.25) is 0 Å². The van der Waals surface area contributed by atoms with Crippen molar-refractivity contribution in [3.63, 3.8) is 0 Å². The first-order chi connectivity index (χ1) is 12.1. The molecule has 0 saturated carbocycles. The van der Waals surface area contributed by atoms with Gasteiger partial charge in [0, 0.05) is 17.6 Å². The molecule has 0 atom stereocenters. The summed E-state index contributed by atoms with van der Waals surface area (Å²) in [6.07, 6.45) is 3.81. The highest BCUT2D eigenvalue weighted by Crippen LogP contribution is 2.30. The molecule has 7 heteroatoms. The van der Waals surface area contributed by atoms with Crippen LogP contribution in [0.1, 0.15) is 11.3 Å². The summed E-state index contributed by atoms with van der Waals surface area (Å²) in [6, 6.07) is 7.82. The Morgan fingerprint density at radius 3 is 2.76 bits per heavy atom. The molecule has 0 unspecified atom stereocenters. The van der Waals surface area contributed by atoms with Gasteiger partial charge in [-0.1, -0.05) is 6.07 Å². The van der Waals surface area contributed by atoms with Gasteiger partial charge in [-0.15, -0.1) is 11.3 Å². The first-order valence-electron chi connectivity index (χ1n) is 7.82. The second-order valence-corrected chi connectivity index (χ2v) is 6.59. The van der Waals surface area contributed by atoms with E-state index >= 15 is 0 Å². The summed E-state index contributed by atoms with van der Waals surface area (Å²) in [6.45, 7) is 4.08. The number of ether oxygens (including phenoxy) is 1. The summed E-state index contributed by atoms with van der Waals surface area (Å²) in [7, 11) is 1.60. The van der Waals surface area contributed by atoms with E-state index in [2.05, 4.69) is 38.9 Å². The van der Waals surface area contributed by atoms with Gasteiger partial charge >= 0.3 is 0 Å². The second kappa shape index (κ2) is 6.18. The predicted octanol–water partition coefficient (Wildman–Crippen LogP) is 4.22. The molecule has 0 aromatic carbocycles. The second-order valence-electron chi connectivity index (χ2n) is 5.73. The van der Waals surface area contributed by atoms with Gasteiger partial charge in [0.15, 0.2) is 5.13 Å². The summed E-state index contributed by atoms with van der Waals surface area (Å²) < 4.78 is 7.17. The van der Waals surface area contributed by atoms with Crippen LogP contribution in [0.5, 0.6) is 5.88 Å². The Labute approximate surface area is 149 Å². The summed E-state index contributed by atoms with van der Waals surface area (Å²) in [5, 5.41) is 6.13. The van der Waals surface area contributed by atoms with E-state index in [0.717, 1.165) is 33.5 Å². The molecule has 0 radical (unpaired) electrons. The monoisotopic (exact) mass is 351 g/mol. The average Bonchev–Trinajstić information content (AvgIpc) is 3.18. The van der Waals surface area contributed by atoms with Gasteiger partial charge < -0.3 is 10.1 Å². The molecule has 126 valence electrons.